The number of rotatable bonds is 7. The molecule has 0 radical (unpaired) electrons. The van der Waals surface area contributed by atoms with Gasteiger partial charge in [-0.05, 0) is 30.0 Å². The van der Waals surface area contributed by atoms with Crippen molar-refractivity contribution in [2.24, 2.45) is 5.84 Å². The number of Topliss-reactive ketones (excluding diaryl/α,β-unsaturated/α-hetero) is 1. The zero-order valence-electron chi connectivity index (χ0n) is 19.5. The second-order valence-electron chi connectivity index (χ2n) is 8.85. The lowest BCUT2D eigenvalue weighted by atomic mass is 9.98. The number of ketones is 1. The number of likely N-dealkylation sites (tertiary alicyclic amines) is 1. The van der Waals surface area contributed by atoms with E-state index in [1.54, 1.807) is 27.7 Å². The summed E-state index contributed by atoms with van der Waals surface area (Å²) >= 11 is 1.58. The van der Waals surface area contributed by atoms with Crippen molar-refractivity contribution in [2.45, 2.75) is 24.9 Å². The molecule has 0 bridgehead atoms. The molecular formula is C26H28N6O2S. The monoisotopic (exact) mass is 488 g/mol. The quantitative estimate of drug-likeness (QED) is 0.359. The molecule has 2 aromatic rings. The van der Waals surface area contributed by atoms with E-state index in [4.69, 9.17) is 5.84 Å². The highest BCUT2D eigenvalue weighted by Gasteiger charge is 2.32. The number of hydrogen-bond acceptors (Lipinski definition) is 8. The number of amides is 1. The molecule has 2 fully saturated rings. The van der Waals surface area contributed by atoms with Crippen molar-refractivity contribution in [1.82, 2.24) is 14.8 Å². The van der Waals surface area contributed by atoms with Gasteiger partial charge >= 0.3 is 0 Å². The first-order valence-corrected chi connectivity index (χ1v) is 12.8. The maximum absolute atomic E-state index is 12.8. The highest BCUT2D eigenvalue weighted by molar-refractivity contribution is 7.99. The predicted octanol–water partition coefficient (Wildman–Crippen LogP) is 2.47. The molecule has 2 aliphatic heterocycles. The number of hydrogen-bond donors (Lipinski definition) is 1. The second kappa shape index (κ2) is 11.5. The molecule has 2 aromatic carbocycles. The van der Waals surface area contributed by atoms with Gasteiger partial charge in [0.05, 0.1) is 36.7 Å². The van der Waals surface area contributed by atoms with Crippen LogP contribution in [0.5, 0.6) is 0 Å². The van der Waals surface area contributed by atoms with Gasteiger partial charge in [0.1, 0.15) is 6.04 Å². The van der Waals surface area contributed by atoms with Crippen LogP contribution in [0.25, 0.3) is 11.1 Å². The number of carbonyl (C=O) groups excluding carboxylic acids is 2. The smallest absolute Gasteiger partial charge is 0.239 e. The van der Waals surface area contributed by atoms with Crippen molar-refractivity contribution >= 4 is 23.5 Å². The Hall–Kier alpha value is -3.21. The fourth-order valence-electron chi connectivity index (χ4n) is 4.54. The van der Waals surface area contributed by atoms with Gasteiger partial charge in [0, 0.05) is 30.4 Å². The maximum Gasteiger partial charge on any atom is 0.239 e. The van der Waals surface area contributed by atoms with Crippen molar-refractivity contribution in [3.8, 4) is 23.3 Å². The summed E-state index contributed by atoms with van der Waals surface area (Å²) in [6, 6.07) is 18.9. The molecule has 0 spiro atoms. The number of nitriles is 2. The third-order valence-electron chi connectivity index (χ3n) is 6.63. The van der Waals surface area contributed by atoms with Gasteiger partial charge < -0.3 is 4.90 Å². The van der Waals surface area contributed by atoms with Crippen LogP contribution in [0.15, 0.2) is 48.5 Å². The lowest BCUT2D eigenvalue weighted by Gasteiger charge is -2.36. The number of nitrogens with two attached hydrogens (primary N) is 1. The number of carbonyl (C=O) groups is 2. The van der Waals surface area contributed by atoms with Crippen LogP contribution in [0.4, 0.5) is 0 Å². The lowest BCUT2D eigenvalue weighted by molar-refractivity contribution is -0.132. The average Bonchev–Trinajstić information content (AvgIpc) is 3.38. The minimum atomic E-state index is -0.371. The summed E-state index contributed by atoms with van der Waals surface area (Å²) in [7, 11) is 0. The Balaban J connectivity index is 1.26. The molecule has 2 heterocycles. The lowest BCUT2D eigenvalue weighted by Crippen LogP contribution is -2.53. The minimum absolute atomic E-state index is 0.0532. The van der Waals surface area contributed by atoms with E-state index in [-0.39, 0.29) is 30.3 Å². The Labute approximate surface area is 209 Å². The first kappa shape index (κ1) is 24.9. The number of nitrogens with zero attached hydrogens (tertiary/aromatic N) is 5. The third kappa shape index (κ3) is 5.90. The van der Waals surface area contributed by atoms with Crippen LogP contribution < -0.4 is 5.84 Å². The van der Waals surface area contributed by atoms with E-state index < -0.39 is 0 Å². The van der Waals surface area contributed by atoms with E-state index in [9.17, 15) is 20.1 Å². The normalized spacial score (nSPS) is 18.9. The molecule has 2 N–H and O–H groups in total. The van der Waals surface area contributed by atoms with Crippen molar-refractivity contribution < 1.29 is 9.59 Å². The first-order valence-electron chi connectivity index (χ1n) is 11.6. The van der Waals surface area contributed by atoms with Gasteiger partial charge in [-0.15, -0.1) is 11.8 Å². The third-order valence-corrected chi connectivity index (χ3v) is 7.64. The largest absolute Gasteiger partial charge is 0.315 e. The summed E-state index contributed by atoms with van der Waals surface area (Å²) in [4.78, 5) is 29.1. The van der Waals surface area contributed by atoms with Crippen LogP contribution in [0, 0.1) is 22.7 Å². The molecule has 8 nitrogen and oxygen atoms in total. The Morgan fingerprint density at radius 3 is 2.49 bits per heavy atom. The summed E-state index contributed by atoms with van der Waals surface area (Å²) in [5.74, 6) is 7.35. The number of piperidine rings is 1. The first-order chi connectivity index (χ1) is 17.0. The molecule has 2 aliphatic rings. The van der Waals surface area contributed by atoms with Gasteiger partial charge in [-0.25, -0.2) is 5.01 Å². The summed E-state index contributed by atoms with van der Waals surface area (Å²) in [6.45, 7) is 1.89. The Bertz CT molecular complexity index is 1150. The molecule has 0 aromatic heterocycles. The van der Waals surface area contributed by atoms with E-state index in [0.717, 1.165) is 37.1 Å². The Morgan fingerprint density at radius 2 is 1.80 bits per heavy atom. The summed E-state index contributed by atoms with van der Waals surface area (Å²) in [6.07, 6.45) is 1.55. The molecule has 4 rings (SSSR count). The van der Waals surface area contributed by atoms with Crippen molar-refractivity contribution in [1.29, 1.82) is 10.5 Å². The standard InChI is InChI=1S/C26H28N6O2S/c27-13-21-3-1-2-4-24(21)19-5-7-20(8-6-19)25(33)15-30-11-9-22(10-12-30)32(29)16-26(34)31-18-35-17-23(31)14-28/h1-8,22-23H,9-12,15-18,29H2. The number of thioether (sulfide) groups is 1. The predicted molar refractivity (Wildman–Crippen MR) is 135 cm³/mol. The summed E-state index contributed by atoms with van der Waals surface area (Å²) in [5.41, 5.74) is 3.01. The number of hydrazine groups is 1. The fraction of sp³-hybridized carbons (Fsp3) is 0.385. The van der Waals surface area contributed by atoms with Crippen molar-refractivity contribution in [3.63, 3.8) is 0 Å². The highest BCUT2D eigenvalue weighted by Crippen LogP contribution is 2.24. The molecule has 35 heavy (non-hydrogen) atoms. The van der Waals surface area contributed by atoms with E-state index in [2.05, 4.69) is 17.0 Å². The number of benzene rings is 2. The molecule has 1 unspecified atom stereocenters. The molecule has 1 amide bonds. The van der Waals surface area contributed by atoms with Gasteiger partial charge in [-0.1, -0.05) is 42.5 Å². The minimum Gasteiger partial charge on any atom is -0.315 e. The van der Waals surface area contributed by atoms with E-state index in [0.29, 0.717) is 29.3 Å². The zero-order chi connectivity index (χ0) is 24.8. The van der Waals surface area contributed by atoms with E-state index in [1.807, 2.05) is 42.5 Å². The average molecular weight is 489 g/mol. The molecule has 9 heteroatoms. The van der Waals surface area contributed by atoms with Crippen LogP contribution in [-0.4, -0.2) is 76.4 Å². The van der Waals surface area contributed by atoms with Gasteiger partial charge in [-0.3, -0.25) is 20.3 Å². The van der Waals surface area contributed by atoms with Crippen LogP contribution in [0.2, 0.25) is 0 Å². The molecule has 0 aliphatic carbocycles. The highest BCUT2D eigenvalue weighted by atomic mass is 32.2. The van der Waals surface area contributed by atoms with Gasteiger partial charge in [-0.2, -0.15) is 10.5 Å². The van der Waals surface area contributed by atoms with Gasteiger partial charge in [0.25, 0.3) is 0 Å². The molecule has 1 atom stereocenters. The van der Waals surface area contributed by atoms with E-state index >= 15 is 0 Å². The van der Waals surface area contributed by atoms with E-state index in [1.165, 1.54) is 0 Å². The Morgan fingerprint density at radius 1 is 1.09 bits per heavy atom. The fourth-order valence-corrected chi connectivity index (χ4v) is 5.65. The van der Waals surface area contributed by atoms with Crippen molar-refractivity contribution in [2.75, 3.05) is 37.8 Å². The molecule has 0 saturated carbocycles. The van der Waals surface area contributed by atoms with Crippen LogP contribution >= 0.6 is 11.8 Å². The second-order valence-corrected chi connectivity index (χ2v) is 9.85. The van der Waals surface area contributed by atoms with Gasteiger partial charge in [0.15, 0.2) is 5.78 Å². The maximum atomic E-state index is 12.8. The zero-order valence-corrected chi connectivity index (χ0v) is 20.3. The Kier molecular flexibility index (Phi) is 8.17. The molecule has 180 valence electrons. The van der Waals surface area contributed by atoms with Crippen LogP contribution in [0.3, 0.4) is 0 Å². The summed E-state index contributed by atoms with van der Waals surface area (Å²) in [5, 5.41) is 20.1. The summed E-state index contributed by atoms with van der Waals surface area (Å²) < 4.78 is 0. The van der Waals surface area contributed by atoms with Crippen molar-refractivity contribution in [3.05, 3.63) is 59.7 Å². The topological polar surface area (TPSA) is 117 Å². The molecular weight excluding hydrogens is 460 g/mol. The SMILES string of the molecule is N#Cc1ccccc1-c1ccc(C(=O)CN2CCC(N(N)CC(=O)N3CSCC3C#N)CC2)cc1. The van der Waals surface area contributed by atoms with Crippen LogP contribution in [0.1, 0.15) is 28.8 Å². The van der Waals surface area contributed by atoms with Gasteiger partial charge in [0.2, 0.25) is 5.91 Å². The van der Waals surface area contributed by atoms with Crippen LogP contribution in [-0.2, 0) is 4.79 Å². The molecule has 2 saturated heterocycles.